The molecular formula is C13H23N3O2. The first-order chi connectivity index (χ1) is 8.63. The molecule has 1 N–H and O–H groups in total. The van der Waals surface area contributed by atoms with Crippen molar-refractivity contribution in [3.8, 4) is 0 Å². The van der Waals surface area contributed by atoms with E-state index < -0.39 is 0 Å². The van der Waals surface area contributed by atoms with Gasteiger partial charge in [-0.25, -0.2) is 4.68 Å². The molecule has 0 atom stereocenters. The standard InChI is InChI=1S/C13H23N3O2/c1-4-18-7-5-6-16-13(17)8-12(10-15-16)14-9-11(2)3/h8,10-11,14H,4-7,9H2,1-3H3. The highest BCUT2D eigenvalue weighted by molar-refractivity contribution is 5.38. The van der Waals surface area contributed by atoms with Gasteiger partial charge in [-0.3, -0.25) is 4.79 Å². The Morgan fingerprint density at radius 1 is 1.50 bits per heavy atom. The summed E-state index contributed by atoms with van der Waals surface area (Å²) in [6.07, 6.45) is 2.50. The molecule has 0 saturated heterocycles. The molecule has 0 radical (unpaired) electrons. The largest absolute Gasteiger partial charge is 0.383 e. The van der Waals surface area contributed by atoms with Crippen molar-refractivity contribution in [2.24, 2.45) is 5.92 Å². The van der Waals surface area contributed by atoms with Crippen LogP contribution in [0.1, 0.15) is 27.2 Å². The van der Waals surface area contributed by atoms with Gasteiger partial charge < -0.3 is 10.1 Å². The molecule has 0 spiro atoms. The van der Waals surface area contributed by atoms with E-state index in [0.717, 1.165) is 18.7 Å². The van der Waals surface area contributed by atoms with Crippen molar-refractivity contribution in [1.82, 2.24) is 9.78 Å². The summed E-state index contributed by atoms with van der Waals surface area (Å²) in [4.78, 5) is 11.8. The number of nitrogens with one attached hydrogen (secondary N) is 1. The van der Waals surface area contributed by atoms with E-state index in [-0.39, 0.29) is 5.56 Å². The van der Waals surface area contributed by atoms with Crippen molar-refractivity contribution in [3.05, 3.63) is 22.6 Å². The Bertz CT molecular complexity index is 401. The van der Waals surface area contributed by atoms with Crippen molar-refractivity contribution < 1.29 is 4.74 Å². The van der Waals surface area contributed by atoms with Crippen molar-refractivity contribution >= 4 is 5.69 Å². The van der Waals surface area contributed by atoms with Crippen molar-refractivity contribution in [2.75, 3.05) is 25.1 Å². The minimum atomic E-state index is -0.0692. The lowest BCUT2D eigenvalue weighted by atomic mass is 10.2. The maximum absolute atomic E-state index is 11.8. The van der Waals surface area contributed by atoms with Gasteiger partial charge >= 0.3 is 0 Å². The fourth-order valence-corrected chi connectivity index (χ4v) is 1.48. The second-order valence-electron chi connectivity index (χ2n) is 4.63. The van der Waals surface area contributed by atoms with Crippen LogP contribution < -0.4 is 10.9 Å². The minimum Gasteiger partial charge on any atom is -0.383 e. The van der Waals surface area contributed by atoms with Crippen molar-refractivity contribution in [2.45, 2.75) is 33.7 Å². The zero-order valence-corrected chi connectivity index (χ0v) is 11.5. The first kappa shape index (κ1) is 14.7. The predicted molar refractivity (Wildman–Crippen MR) is 72.9 cm³/mol. The molecule has 1 rings (SSSR count). The molecule has 5 heteroatoms. The molecule has 18 heavy (non-hydrogen) atoms. The van der Waals surface area contributed by atoms with Crippen LogP contribution in [-0.4, -0.2) is 29.5 Å². The van der Waals surface area contributed by atoms with Crippen LogP contribution in [0.2, 0.25) is 0 Å². The summed E-state index contributed by atoms with van der Waals surface area (Å²) in [5.41, 5.74) is 0.718. The Morgan fingerprint density at radius 3 is 2.89 bits per heavy atom. The number of nitrogens with zero attached hydrogens (tertiary/aromatic N) is 2. The third-order valence-corrected chi connectivity index (χ3v) is 2.45. The van der Waals surface area contributed by atoms with Crippen LogP contribution in [0, 0.1) is 5.92 Å². The number of hydrogen-bond donors (Lipinski definition) is 1. The monoisotopic (exact) mass is 253 g/mol. The first-order valence-corrected chi connectivity index (χ1v) is 6.52. The minimum absolute atomic E-state index is 0.0692. The number of ether oxygens (including phenoxy) is 1. The molecule has 1 aromatic rings. The molecule has 0 amide bonds. The third-order valence-electron chi connectivity index (χ3n) is 2.45. The van der Waals surface area contributed by atoms with Gasteiger partial charge in [-0.15, -0.1) is 0 Å². The Balaban J connectivity index is 2.49. The Kier molecular flexibility index (Phi) is 6.43. The number of aryl methyl sites for hydroxylation is 1. The Morgan fingerprint density at radius 2 is 2.28 bits per heavy atom. The molecule has 0 aliphatic rings. The fourth-order valence-electron chi connectivity index (χ4n) is 1.48. The van der Waals surface area contributed by atoms with Gasteiger partial charge in [0.15, 0.2) is 0 Å². The van der Waals surface area contributed by atoms with Crippen LogP contribution in [0.25, 0.3) is 0 Å². The fraction of sp³-hybridized carbons (Fsp3) is 0.692. The zero-order chi connectivity index (χ0) is 13.4. The van der Waals surface area contributed by atoms with Crippen LogP contribution in [-0.2, 0) is 11.3 Å². The van der Waals surface area contributed by atoms with Gasteiger partial charge in [0.2, 0.25) is 0 Å². The summed E-state index contributed by atoms with van der Waals surface area (Å²) in [6, 6.07) is 1.59. The molecule has 0 aromatic carbocycles. The summed E-state index contributed by atoms with van der Waals surface area (Å²) in [5, 5.41) is 7.33. The first-order valence-electron chi connectivity index (χ1n) is 6.52. The average molecular weight is 253 g/mol. The van der Waals surface area contributed by atoms with E-state index in [0.29, 0.717) is 25.7 Å². The molecule has 0 aliphatic heterocycles. The van der Waals surface area contributed by atoms with E-state index in [4.69, 9.17) is 4.74 Å². The summed E-state index contributed by atoms with van der Waals surface area (Å²) >= 11 is 0. The van der Waals surface area contributed by atoms with Crippen LogP contribution in [0.4, 0.5) is 5.69 Å². The molecule has 0 fully saturated rings. The quantitative estimate of drug-likeness (QED) is 0.717. The van der Waals surface area contributed by atoms with Crippen LogP contribution in [0.15, 0.2) is 17.1 Å². The summed E-state index contributed by atoms with van der Waals surface area (Å²) in [7, 11) is 0. The van der Waals surface area contributed by atoms with Crippen LogP contribution >= 0.6 is 0 Å². The molecule has 0 unspecified atom stereocenters. The molecular weight excluding hydrogens is 230 g/mol. The van der Waals surface area contributed by atoms with E-state index in [2.05, 4.69) is 24.3 Å². The average Bonchev–Trinajstić information content (AvgIpc) is 2.34. The molecule has 0 bridgehead atoms. The molecule has 0 aliphatic carbocycles. The lowest BCUT2D eigenvalue weighted by molar-refractivity contribution is 0.140. The second-order valence-corrected chi connectivity index (χ2v) is 4.63. The highest BCUT2D eigenvalue weighted by atomic mass is 16.5. The van der Waals surface area contributed by atoms with Gasteiger partial charge in [-0.05, 0) is 19.3 Å². The molecule has 102 valence electrons. The molecule has 5 nitrogen and oxygen atoms in total. The number of hydrogen-bond acceptors (Lipinski definition) is 4. The van der Waals surface area contributed by atoms with Gasteiger partial charge in [0.05, 0.1) is 11.9 Å². The normalized spacial score (nSPS) is 10.9. The maximum Gasteiger partial charge on any atom is 0.268 e. The molecule has 1 aromatic heterocycles. The SMILES string of the molecule is CCOCCCn1ncc(NCC(C)C)cc1=O. The number of anilines is 1. The van der Waals surface area contributed by atoms with E-state index in [1.54, 1.807) is 12.3 Å². The topological polar surface area (TPSA) is 56.1 Å². The van der Waals surface area contributed by atoms with Gasteiger partial charge in [-0.1, -0.05) is 13.8 Å². The van der Waals surface area contributed by atoms with E-state index in [9.17, 15) is 4.79 Å². The Labute approximate surface area is 108 Å². The van der Waals surface area contributed by atoms with E-state index in [1.807, 2.05) is 6.92 Å². The van der Waals surface area contributed by atoms with Crippen LogP contribution in [0.3, 0.4) is 0 Å². The van der Waals surface area contributed by atoms with Crippen molar-refractivity contribution in [1.29, 1.82) is 0 Å². The zero-order valence-electron chi connectivity index (χ0n) is 11.5. The smallest absolute Gasteiger partial charge is 0.268 e. The Hall–Kier alpha value is -1.36. The highest BCUT2D eigenvalue weighted by Gasteiger charge is 2.01. The number of rotatable bonds is 8. The van der Waals surface area contributed by atoms with E-state index >= 15 is 0 Å². The summed E-state index contributed by atoms with van der Waals surface area (Å²) in [5.74, 6) is 0.540. The highest BCUT2D eigenvalue weighted by Crippen LogP contribution is 2.02. The molecule has 0 saturated carbocycles. The van der Waals surface area contributed by atoms with Gasteiger partial charge in [0.25, 0.3) is 5.56 Å². The van der Waals surface area contributed by atoms with Gasteiger partial charge in [0, 0.05) is 32.4 Å². The predicted octanol–water partition coefficient (Wildman–Crippen LogP) is 1.74. The van der Waals surface area contributed by atoms with Gasteiger partial charge in [-0.2, -0.15) is 5.10 Å². The lowest BCUT2D eigenvalue weighted by Crippen LogP contribution is -2.23. The maximum atomic E-state index is 11.8. The number of aromatic nitrogens is 2. The van der Waals surface area contributed by atoms with Crippen molar-refractivity contribution in [3.63, 3.8) is 0 Å². The lowest BCUT2D eigenvalue weighted by Gasteiger charge is -2.09. The summed E-state index contributed by atoms with van der Waals surface area (Å²) < 4.78 is 6.70. The summed E-state index contributed by atoms with van der Waals surface area (Å²) in [6.45, 7) is 9.02. The third kappa shape index (κ3) is 5.31. The molecule has 1 heterocycles. The second kappa shape index (κ2) is 7.87. The van der Waals surface area contributed by atoms with Gasteiger partial charge in [0.1, 0.15) is 0 Å². The van der Waals surface area contributed by atoms with E-state index in [1.165, 1.54) is 4.68 Å². The van der Waals surface area contributed by atoms with Crippen LogP contribution in [0.5, 0.6) is 0 Å².